The van der Waals surface area contributed by atoms with E-state index < -0.39 is 0 Å². The van der Waals surface area contributed by atoms with E-state index in [-0.39, 0.29) is 23.8 Å². The first kappa shape index (κ1) is 18.3. The Kier molecular flexibility index (Phi) is 6.01. The molecule has 2 aliphatic heterocycles. The molecule has 0 saturated carbocycles. The third-order valence-corrected chi connectivity index (χ3v) is 5.52. The van der Waals surface area contributed by atoms with Gasteiger partial charge in [0.05, 0.1) is 19.3 Å². The summed E-state index contributed by atoms with van der Waals surface area (Å²) in [6.07, 6.45) is 0.297. The van der Waals surface area contributed by atoms with E-state index in [2.05, 4.69) is 5.16 Å². The molecule has 0 N–H and O–H groups in total. The van der Waals surface area contributed by atoms with Crippen LogP contribution >= 0.6 is 11.8 Å². The Morgan fingerprint density at radius 3 is 2.76 bits per heavy atom. The van der Waals surface area contributed by atoms with E-state index in [4.69, 9.17) is 9.26 Å². The van der Waals surface area contributed by atoms with Crippen molar-refractivity contribution in [1.29, 1.82) is 0 Å². The molecule has 0 aliphatic carbocycles. The van der Waals surface area contributed by atoms with Crippen molar-refractivity contribution in [3.05, 3.63) is 17.5 Å². The first-order valence-electron chi connectivity index (χ1n) is 8.77. The van der Waals surface area contributed by atoms with Gasteiger partial charge in [-0.2, -0.15) is 11.8 Å². The number of hydrogen-bond acceptors (Lipinski definition) is 6. The van der Waals surface area contributed by atoms with Crippen LogP contribution in [0.25, 0.3) is 0 Å². The number of nitrogens with zero attached hydrogens (tertiary/aromatic N) is 3. The normalized spacial score (nSPS) is 21.6. The molecule has 0 radical (unpaired) electrons. The van der Waals surface area contributed by atoms with Crippen LogP contribution in [-0.4, -0.2) is 77.2 Å². The zero-order chi connectivity index (χ0) is 17.8. The summed E-state index contributed by atoms with van der Waals surface area (Å²) in [5.74, 6) is 2.73. The highest BCUT2D eigenvalue weighted by atomic mass is 32.2. The van der Waals surface area contributed by atoms with Gasteiger partial charge in [0, 0.05) is 49.5 Å². The Morgan fingerprint density at radius 1 is 1.32 bits per heavy atom. The van der Waals surface area contributed by atoms with Crippen molar-refractivity contribution < 1.29 is 18.8 Å². The van der Waals surface area contributed by atoms with Gasteiger partial charge < -0.3 is 19.1 Å². The summed E-state index contributed by atoms with van der Waals surface area (Å²) in [5.41, 5.74) is 0.303. The quantitative estimate of drug-likeness (QED) is 0.805. The Balaban J connectivity index is 1.67. The van der Waals surface area contributed by atoms with E-state index in [1.807, 2.05) is 30.5 Å². The average molecular weight is 367 g/mol. The number of carbonyl (C=O) groups excluding carboxylic acids is 2. The Hall–Kier alpha value is -1.54. The second-order valence-electron chi connectivity index (χ2n) is 6.69. The lowest BCUT2D eigenvalue weighted by atomic mass is 10.1. The Labute approximate surface area is 152 Å². The molecule has 1 atom stereocenters. The highest BCUT2D eigenvalue weighted by Crippen LogP contribution is 2.20. The average Bonchev–Trinajstić information content (AvgIpc) is 3.13. The summed E-state index contributed by atoms with van der Waals surface area (Å²) in [4.78, 5) is 29.0. The smallest absolute Gasteiger partial charge is 0.276 e. The third kappa shape index (κ3) is 4.36. The molecule has 2 aliphatic rings. The minimum Gasteiger partial charge on any atom is -0.377 e. The van der Waals surface area contributed by atoms with Crippen molar-refractivity contribution in [3.8, 4) is 0 Å². The van der Waals surface area contributed by atoms with Gasteiger partial charge in [0.2, 0.25) is 5.91 Å². The summed E-state index contributed by atoms with van der Waals surface area (Å²) in [7, 11) is 0. The van der Waals surface area contributed by atoms with Crippen molar-refractivity contribution in [2.45, 2.75) is 32.2 Å². The molecule has 1 aromatic rings. The van der Waals surface area contributed by atoms with Crippen LogP contribution in [0.3, 0.4) is 0 Å². The van der Waals surface area contributed by atoms with Gasteiger partial charge in [-0.1, -0.05) is 19.0 Å². The zero-order valence-electron chi connectivity index (χ0n) is 14.8. The van der Waals surface area contributed by atoms with E-state index in [1.54, 1.807) is 11.0 Å². The SMILES string of the molecule is CC(C)c1cc(C(=O)N2CCOC[C@H]2CC(=O)N2CCSCC2)no1. The van der Waals surface area contributed by atoms with Crippen LogP contribution < -0.4 is 0 Å². The first-order chi connectivity index (χ1) is 12.1. The Morgan fingerprint density at radius 2 is 2.08 bits per heavy atom. The number of morpholine rings is 1. The van der Waals surface area contributed by atoms with Crippen LogP contribution in [0.2, 0.25) is 0 Å². The topological polar surface area (TPSA) is 75.9 Å². The molecule has 25 heavy (non-hydrogen) atoms. The van der Waals surface area contributed by atoms with Crippen LogP contribution in [0, 0.1) is 0 Å². The summed E-state index contributed by atoms with van der Waals surface area (Å²) >= 11 is 1.87. The van der Waals surface area contributed by atoms with Crippen molar-refractivity contribution in [3.63, 3.8) is 0 Å². The van der Waals surface area contributed by atoms with E-state index in [0.29, 0.717) is 37.6 Å². The third-order valence-electron chi connectivity index (χ3n) is 4.58. The number of rotatable bonds is 4. The molecule has 8 heteroatoms. The van der Waals surface area contributed by atoms with E-state index in [0.717, 1.165) is 24.6 Å². The maximum Gasteiger partial charge on any atom is 0.276 e. The number of aromatic nitrogens is 1. The predicted octanol–water partition coefficient (Wildman–Crippen LogP) is 1.60. The van der Waals surface area contributed by atoms with Crippen LogP contribution in [0.4, 0.5) is 0 Å². The molecular formula is C17H25N3O4S. The summed E-state index contributed by atoms with van der Waals surface area (Å²) in [5, 5.41) is 3.91. The van der Waals surface area contributed by atoms with Crippen LogP contribution in [0.15, 0.2) is 10.6 Å². The maximum absolute atomic E-state index is 12.8. The number of amides is 2. The van der Waals surface area contributed by atoms with Crippen molar-refractivity contribution >= 4 is 23.6 Å². The highest BCUT2D eigenvalue weighted by Gasteiger charge is 2.33. The van der Waals surface area contributed by atoms with Gasteiger partial charge in [-0.15, -0.1) is 0 Å². The largest absolute Gasteiger partial charge is 0.377 e. The summed E-state index contributed by atoms with van der Waals surface area (Å²) in [6.45, 7) is 6.87. The van der Waals surface area contributed by atoms with Crippen molar-refractivity contribution in [1.82, 2.24) is 15.0 Å². The van der Waals surface area contributed by atoms with Crippen LogP contribution in [0.5, 0.6) is 0 Å². The van der Waals surface area contributed by atoms with Crippen molar-refractivity contribution in [2.24, 2.45) is 0 Å². The molecule has 0 aromatic carbocycles. The molecule has 1 aromatic heterocycles. The van der Waals surface area contributed by atoms with Crippen LogP contribution in [-0.2, 0) is 9.53 Å². The number of hydrogen-bond donors (Lipinski definition) is 0. The lowest BCUT2D eigenvalue weighted by Crippen LogP contribution is -2.51. The summed E-state index contributed by atoms with van der Waals surface area (Å²) < 4.78 is 10.8. The van der Waals surface area contributed by atoms with Gasteiger partial charge in [0.25, 0.3) is 5.91 Å². The molecule has 138 valence electrons. The fourth-order valence-electron chi connectivity index (χ4n) is 3.04. The lowest BCUT2D eigenvalue weighted by Gasteiger charge is -2.36. The molecule has 0 spiro atoms. The molecule has 2 amide bonds. The van der Waals surface area contributed by atoms with Gasteiger partial charge in [-0.05, 0) is 0 Å². The second-order valence-corrected chi connectivity index (χ2v) is 7.92. The molecule has 3 rings (SSSR count). The molecule has 2 saturated heterocycles. The van der Waals surface area contributed by atoms with Gasteiger partial charge in [0.15, 0.2) is 5.69 Å². The second kappa shape index (κ2) is 8.23. The van der Waals surface area contributed by atoms with Gasteiger partial charge >= 0.3 is 0 Å². The monoisotopic (exact) mass is 367 g/mol. The molecular weight excluding hydrogens is 342 g/mol. The van der Waals surface area contributed by atoms with Gasteiger partial charge in [0.1, 0.15) is 5.76 Å². The fraction of sp³-hybridized carbons (Fsp3) is 0.706. The predicted molar refractivity (Wildman–Crippen MR) is 94.8 cm³/mol. The number of thioether (sulfide) groups is 1. The lowest BCUT2D eigenvalue weighted by molar-refractivity contribution is -0.133. The Bertz CT molecular complexity index is 613. The molecule has 0 bridgehead atoms. The van der Waals surface area contributed by atoms with E-state index in [9.17, 15) is 9.59 Å². The number of carbonyl (C=O) groups is 2. The van der Waals surface area contributed by atoms with E-state index >= 15 is 0 Å². The molecule has 7 nitrogen and oxygen atoms in total. The minimum atomic E-state index is -0.248. The zero-order valence-corrected chi connectivity index (χ0v) is 15.6. The first-order valence-corrected chi connectivity index (χ1v) is 9.92. The molecule has 2 fully saturated rings. The fourth-order valence-corrected chi connectivity index (χ4v) is 3.95. The summed E-state index contributed by atoms with van der Waals surface area (Å²) in [6, 6.07) is 1.45. The van der Waals surface area contributed by atoms with Gasteiger partial charge in [-0.3, -0.25) is 9.59 Å². The molecule has 0 unspecified atom stereocenters. The number of ether oxygens (including phenoxy) is 1. The van der Waals surface area contributed by atoms with Crippen molar-refractivity contribution in [2.75, 3.05) is 44.4 Å². The molecule has 3 heterocycles. The van der Waals surface area contributed by atoms with E-state index in [1.165, 1.54) is 0 Å². The standard InChI is InChI=1S/C17H25N3O4S/c1-12(2)15-10-14(18-24-15)17(22)20-3-6-23-11-13(20)9-16(21)19-4-7-25-8-5-19/h10,12-13H,3-9,11H2,1-2H3/t13-/m1/s1. The van der Waals surface area contributed by atoms with Gasteiger partial charge in [-0.25, -0.2) is 0 Å². The minimum absolute atomic E-state index is 0.0941. The maximum atomic E-state index is 12.8. The van der Waals surface area contributed by atoms with Crippen LogP contribution in [0.1, 0.15) is 42.4 Å². The highest BCUT2D eigenvalue weighted by molar-refractivity contribution is 7.99.